The molecule has 0 aliphatic heterocycles. The SMILES string of the molecule is Fc1c(F)c(F)[c]([Sb]([c]2c(F)c(F)c(F)c(F)c2F)[c]2c(F)c(F)c(F)c(F)c2F)c(F)c1F.Fc1c(F)c(F)[c]([Sb]([c]2c(F)c(F)c(F)c(F)c2F)[c]2c(F)c(F)c(F)c(F)c2F)c(F)c1F.[Cl-].[Cl-]. The molecule has 0 N–H and O–H groups in total. The van der Waals surface area contributed by atoms with Gasteiger partial charge in [0.05, 0.1) is 0 Å². The molecular formula is C36Cl2F30Sb2-2. The van der Waals surface area contributed by atoms with Crippen molar-refractivity contribution in [2.45, 2.75) is 0 Å². The Hall–Kier alpha value is -4.56. The van der Waals surface area contributed by atoms with Crippen LogP contribution in [0, 0.1) is 175 Å². The van der Waals surface area contributed by atoms with E-state index in [1.165, 1.54) is 0 Å². The zero-order chi connectivity index (χ0) is 51.9. The molecule has 0 aliphatic carbocycles. The molecule has 380 valence electrons. The van der Waals surface area contributed by atoms with Gasteiger partial charge in [0.1, 0.15) is 0 Å². The number of halogens is 32. The van der Waals surface area contributed by atoms with Crippen molar-refractivity contribution in [3.05, 3.63) is 175 Å². The summed E-state index contributed by atoms with van der Waals surface area (Å²) in [4.78, 5) is 0. The zero-order valence-corrected chi connectivity index (χ0v) is 37.6. The van der Waals surface area contributed by atoms with E-state index in [-0.39, 0.29) is 24.8 Å². The van der Waals surface area contributed by atoms with Crippen molar-refractivity contribution in [3.8, 4) is 0 Å². The van der Waals surface area contributed by atoms with Crippen LogP contribution in [-0.4, -0.2) is 40.4 Å². The second-order valence-corrected chi connectivity index (χ2v) is 23.7. The minimum Gasteiger partial charge on any atom is -1.00 e. The van der Waals surface area contributed by atoms with E-state index in [4.69, 9.17) is 0 Å². The Balaban J connectivity index is 0.000000360. The fourth-order valence-electron chi connectivity index (χ4n) is 5.41. The zero-order valence-electron chi connectivity index (χ0n) is 31.0. The van der Waals surface area contributed by atoms with Crippen LogP contribution < -0.4 is 45.9 Å². The summed E-state index contributed by atoms with van der Waals surface area (Å²) in [7, 11) is 0. The van der Waals surface area contributed by atoms with Crippen LogP contribution in [0.3, 0.4) is 0 Å². The third-order valence-electron chi connectivity index (χ3n) is 8.46. The number of hydrogen-bond acceptors (Lipinski definition) is 0. The van der Waals surface area contributed by atoms with Crippen LogP contribution in [0.25, 0.3) is 0 Å². The van der Waals surface area contributed by atoms with Crippen LogP contribution in [0.4, 0.5) is 132 Å². The Morgan fingerprint density at radius 2 is 0.171 bits per heavy atom. The third-order valence-corrected chi connectivity index (χ3v) is 22.8. The standard InChI is InChI=1S/6C6F5.2ClH.2Sb/c6*7-2-1-3(8)5(10)6(11)4(2)9;;;;/h;;;;;;2*1H;;/p-2. The maximum absolute atomic E-state index is 14.4. The average molecular weight is 1320 g/mol. The summed E-state index contributed by atoms with van der Waals surface area (Å²) in [5.74, 6) is -88.7. The summed E-state index contributed by atoms with van der Waals surface area (Å²) in [6.07, 6.45) is 0. The maximum atomic E-state index is 14.4. The molecule has 0 fully saturated rings. The molecule has 0 saturated carbocycles. The van der Waals surface area contributed by atoms with Gasteiger partial charge in [-0.15, -0.1) is 0 Å². The third kappa shape index (κ3) is 9.26. The fourth-order valence-corrected chi connectivity index (χ4v) is 19.3. The van der Waals surface area contributed by atoms with E-state index >= 15 is 0 Å². The van der Waals surface area contributed by atoms with E-state index < -0.39 is 236 Å². The molecule has 34 heteroatoms. The molecule has 0 aromatic heterocycles. The van der Waals surface area contributed by atoms with Crippen LogP contribution >= 0.6 is 0 Å². The molecule has 0 atom stereocenters. The average Bonchev–Trinajstić information content (AvgIpc) is 3.31. The number of benzene rings is 6. The first-order valence-electron chi connectivity index (χ1n) is 16.0. The van der Waals surface area contributed by atoms with Gasteiger partial charge in [-0.3, -0.25) is 0 Å². The molecule has 0 heterocycles. The second-order valence-electron chi connectivity index (χ2n) is 12.2. The fraction of sp³-hybridized carbons (Fsp3) is 0. The normalized spacial score (nSPS) is 11.3. The molecule has 0 bridgehead atoms. The molecule has 6 aromatic carbocycles. The van der Waals surface area contributed by atoms with Gasteiger partial charge in [0, 0.05) is 0 Å². The molecule has 70 heavy (non-hydrogen) atoms. The molecule has 0 amide bonds. The minimum absolute atomic E-state index is 0. The van der Waals surface area contributed by atoms with Gasteiger partial charge < -0.3 is 24.8 Å². The Morgan fingerprint density at radius 1 is 0.114 bits per heavy atom. The van der Waals surface area contributed by atoms with E-state index in [1.807, 2.05) is 0 Å². The Bertz CT molecular complexity index is 2450. The van der Waals surface area contributed by atoms with Crippen LogP contribution in [-0.2, 0) is 0 Å². The maximum Gasteiger partial charge on any atom is -1.00 e. The summed E-state index contributed by atoms with van der Waals surface area (Å²) >= 11 is -13.2. The van der Waals surface area contributed by atoms with Gasteiger partial charge in [-0.1, -0.05) is 0 Å². The van der Waals surface area contributed by atoms with Crippen molar-refractivity contribution in [1.29, 1.82) is 0 Å². The van der Waals surface area contributed by atoms with Crippen molar-refractivity contribution in [2.24, 2.45) is 0 Å². The van der Waals surface area contributed by atoms with Crippen LogP contribution in [0.1, 0.15) is 0 Å². The molecular weight excluding hydrogens is 1320 g/mol. The van der Waals surface area contributed by atoms with Gasteiger partial charge in [-0.2, -0.15) is 0 Å². The Morgan fingerprint density at radius 3 is 0.243 bits per heavy atom. The first-order chi connectivity index (χ1) is 31.3. The largest absolute Gasteiger partial charge is 1.00 e. The monoisotopic (exact) mass is 1310 g/mol. The molecule has 0 nitrogen and oxygen atoms in total. The molecule has 0 unspecified atom stereocenters. The van der Waals surface area contributed by atoms with E-state index in [1.54, 1.807) is 0 Å². The van der Waals surface area contributed by atoms with Crippen LogP contribution in [0.2, 0.25) is 0 Å². The van der Waals surface area contributed by atoms with Gasteiger partial charge in [0.25, 0.3) is 0 Å². The van der Waals surface area contributed by atoms with E-state index in [2.05, 4.69) is 0 Å². The van der Waals surface area contributed by atoms with Crippen molar-refractivity contribution in [1.82, 2.24) is 0 Å². The van der Waals surface area contributed by atoms with Gasteiger partial charge in [0.2, 0.25) is 0 Å². The summed E-state index contributed by atoms with van der Waals surface area (Å²) in [5, 5.41) is 0. The van der Waals surface area contributed by atoms with Gasteiger partial charge in [0.15, 0.2) is 0 Å². The number of rotatable bonds is 6. The minimum atomic E-state index is -6.61. The Labute approximate surface area is 390 Å². The summed E-state index contributed by atoms with van der Waals surface area (Å²) < 4.78 is 403. The number of hydrogen-bond donors (Lipinski definition) is 0. The Kier molecular flexibility index (Phi) is 18.5. The smallest absolute Gasteiger partial charge is 1.00 e. The molecule has 6 aromatic rings. The van der Waals surface area contributed by atoms with Gasteiger partial charge >= 0.3 is 368 Å². The molecule has 6 rings (SSSR count). The van der Waals surface area contributed by atoms with E-state index in [0.717, 1.165) is 0 Å². The topological polar surface area (TPSA) is 0 Å². The predicted molar refractivity (Wildman–Crippen MR) is 167 cm³/mol. The van der Waals surface area contributed by atoms with Gasteiger partial charge in [-0.05, 0) is 0 Å². The quantitative estimate of drug-likeness (QED) is 0.104. The molecule has 0 radical (unpaired) electrons. The molecule has 0 aliphatic rings. The first-order valence-corrected chi connectivity index (χ1v) is 23.7. The van der Waals surface area contributed by atoms with Crippen LogP contribution in [0.15, 0.2) is 0 Å². The summed E-state index contributed by atoms with van der Waals surface area (Å²) in [5.41, 5.74) is 0. The van der Waals surface area contributed by atoms with Crippen molar-refractivity contribution < 1.29 is 157 Å². The van der Waals surface area contributed by atoms with Crippen molar-refractivity contribution in [3.63, 3.8) is 0 Å². The molecule has 0 saturated heterocycles. The van der Waals surface area contributed by atoms with Gasteiger partial charge in [-0.25, -0.2) is 0 Å². The van der Waals surface area contributed by atoms with Crippen molar-refractivity contribution in [2.75, 3.05) is 0 Å². The summed E-state index contributed by atoms with van der Waals surface area (Å²) in [6.45, 7) is 0. The van der Waals surface area contributed by atoms with E-state index in [9.17, 15) is 132 Å². The first kappa shape index (κ1) is 59.7. The van der Waals surface area contributed by atoms with Crippen molar-refractivity contribution >= 4 is 61.5 Å². The summed E-state index contributed by atoms with van der Waals surface area (Å²) in [6, 6.07) is 0. The molecule has 0 spiro atoms. The van der Waals surface area contributed by atoms with Crippen LogP contribution in [0.5, 0.6) is 0 Å². The van der Waals surface area contributed by atoms with E-state index in [0.29, 0.717) is 0 Å². The second kappa shape index (κ2) is 21.7. The predicted octanol–water partition coefficient (Wildman–Crippen LogP) is 2.59.